The van der Waals surface area contributed by atoms with E-state index in [-0.39, 0.29) is 29.6 Å². The fourth-order valence-corrected chi connectivity index (χ4v) is 8.51. The maximum absolute atomic E-state index is 13.0. The molecule has 6 heteroatoms. The number of carbonyl (C=O) groups excluding carboxylic acids is 2. The van der Waals surface area contributed by atoms with Crippen LogP contribution in [0.4, 0.5) is 0 Å². The summed E-state index contributed by atoms with van der Waals surface area (Å²) in [4.78, 5) is 25.7. The Kier molecular flexibility index (Phi) is 9.50. The lowest BCUT2D eigenvalue weighted by molar-refractivity contribution is -0.178. The Hall–Kier alpha value is -1.92. The fraction of sp³-hybridized carbons (Fsp3) is 0.771. The lowest BCUT2D eigenvalue weighted by atomic mass is 9.55. The smallest absolute Gasteiger partial charge is 0.311 e. The molecule has 0 radical (unpaired) electrons. The molecule has 41 heavy (non-hydrogen) atoms. The van der Waals surface area contributed by atoms with E-state index >= 15 is 0 Å². The second-order valence-electron chi connectivity index (χ2n) is 13.9. The maximum atomic E-state index is 13.0. The van der Waals surface area contributed by atoms with Gasteiger partial charge in [-0.2, -0.15) is 0 Å². The minimum absolute atomic E-state index is 0.0977. The number of fused-ring (bicyclic) bond motifs is 7. The zero-order valence-electron chi connectivity index (χ0n) is 26.1. The number of unbranched alkanes of at least 4 members (excludes halogenated alkanes) is 6. The number of esters is 2. The van der Waals surface area contributed by atoms with Crippen LogP contribution in [-0.2, 0) is 25.5 Å². The zero-order chi connectivity index (χ0) is 29.2. The van der Waals surface area contributed by atoms with E-state index < -0.39 is 5.79 Å². The molecule has 3 fully saturated rings. The first-order valence-electron chi connectivity index (χ1n) is 16.6. The Balaban J connectivity index is 1.37. The molecule has 6 atom stereocenters. The van der Waals surface area contributed by atoms with Gasteiger partial charge >= 0.3 is 11.9 Å². The first-order valence-corrected chi connectivity index (χ1v) is 16.6. The maximum Gasteiger partial charge on any atom is 0.311 e. The molecule has 5 rings (SSSR count). The van der Waals surface area contributed by atoms with Crippen LogP contribution < -0.4 is 9.47 Å². The molecule has 1 aromatic carbocycles. The molecule has 0 amide bonds. The first-order chi connectivity index (χ1) is 19.6. The second kappa shape index (κ2) is 12.8. The van der Waals surface area contributed by atoms with Gasteiger partial charge in [-0.25, -0.2) is 0 Å². The monoisotopic (exact) mass is 568 g/mol. The Morgan fingerprint density at radius 1 is 0.878 bits per heavy atom. The molecular formula is C35H52O6. The average molecular weight is 569 g/mol. The van der Waals surface area contributed by atoms with Gasteiger partial charge in [-0.1, -0.05) is 59.3 Å². The van der Waals surface area contributed by atoms with E-state index in [0.29, 0.717) is 42.1 Å². The predicted octanol–water partition coefficient (Wildman–Crippen LogP) is 8.42. The van der Waals surface area contributed by atoms with Crippen LogP contribution in [0, 0.1) is 17.3 Å². The Morgan fingerprint density at radius 3 is 2.24 bits per heavy atom. The van der Waals surface area contributed by atoms with Crippen molar-refractivity contribution in [2.75, 3.05) is 0 Å². The molecule has 1 heterocycles. The van der Waals surface area contributed by atoms with Crippen molar-refractivity contribution in [3.63, 3.8) is 0 Å². The van der Waals surface area contributed by atoms with Crippen LogP contribution in [0.1, 0.15) is 142 Å². The van der Waals surface area contributed by atoms with Crippen molar-refractivity contribution in [1.82, 2.24) is 0 Å². The van der Waals surface area contributed by atoms with Crippen LogP contribution in [0.2, 0.25) is 0 Å². The van der Waals surface area contributed by atoms with E-state index in [1.165, 1.54) is 11.1 Å². The summed E-state index contributed by atoms with van der Waals surface area (Å²) < 4.78 is 24.8. The van der Waals surface area contributed by atoms with Crippen molar-refractivity contribution in [3.8, 4) is 11.5 Å². The van der Waals surface area contributed by atoms with E-state index in [1.807, 2.05) is 26.0 Å². The van der Waals surface area contributed by atoms with Gasteiger partial charge in [0.05, 0.1) is 12.2 Å². The number of ether oxygens (including phenoxy) is 4. The van der Waals surface area contributed by atoms with Gasteiger partial charge in [-0.05, 0) is 93.6 Å². The van der Waals surface area contributed by atoms with Crippen molar-refractivity contribution in [3.05, 3.63) is 23.3 Å². The largest absolute Gasteiger partial charge is 0.426 e. The Labute approximate surface area is 247 Å². The molecule has 2 saturated carbocycles. The molecule has 6 nitrogen and oxygen atoms in total. The predicted molar refractivity (Wildman–Crippen MR) is 159 cm³/mol. The van der Waals surface area contributed by atoms with E-state index in [4.69, 9.17) is 18.9 Å². The summed E-state index contributed by atoms with van der Waals surface area (Å²) in [7, 11) is 0. The average Bonchev–Trinajstić information content (AvgIpc) is 3.38. The number of carbonyl (C=O) groups is 2. The van der Waals surface area contributed by atoms with Gasteiger partial charge in [0.1, 0.15) is 11.5 Å². The van der Waals surface area contributed by atoms with E-state index in [2.05, 4.69) is 20.8 Å². The fourth-order valence-electron chi connectivity index (χ4n) is 8.51. The minimum Gasteiger partial charge on any atom is -0.426 e. The minimum atomic E-state index is -0.512. The van der Waals surface area contributed by atoms with E-state index in [0.717, 1.165) is 83.5 Å². The van der Waals surface area contributed by atoms with Crippen LogP contribution in [-0.4, -0.2) is 29.9 Å². The summed E-state index contributed by atoms with van der Waals surface area (Å²) >= 11 is 0. The van der Waals surface area contributed by atoms with Gasteiger partial charge in [0.25, 0.3) is 0 Å². The van der Waals surface area contributed by atoms with Crippen LogP contribution in [0.15, 0.2) is 12.1 Å². The van der Waals surface area contributed by atoms with Gasteiger partial charge < -0.3 is 18.9 Å². The first kappa shape index (κ1) is 30.5. The third-order valence-corrected chi connectivity index (χ3v) is 10.4. The summed E-state index contributed by atoms with van der Waals surface area (Å²) in [6, 6.07) is 3.86. The molecular weight excluding hydrogens is 516 g/mol. The zero-order valence-corrected chi connectivity index (χ0v) is 26.1. The van der Waals surface area contributed by atoms with Crippen LogP contribution >= 0.6 is 0 Å². The number of rotatable bonds is 12. The second-order valence-corrected chi connectivity index (χ2v) is 13.9. The highest BCUT2D eigenvalue weighted by atomic mass is 16.8. The van der Waals surface area contributed by atoms with Crippen molar-refractivity contribution in [2.45, 2.75) is 155 Å². The quantitative estimate of drug-likeness (QED) is 0.143. The van der Waals surface area contributed by atoms with Crippen molar-refractivity contribution < 1.29 is 28.5 Å². The van der Waals surface area contributed by atoms with Crippen LogP contribution in [0.5, 0.6) is 11.5 Å². The number of aryl methyl sites for hydroxylation is 1. The van der Waals surface area contributed by atoms with Crippen LogP contribution in [0.3, 0.4) is 0 Å². The molecule has 0 unspecified atom stereocenters. The van der Waals surface area contributed by atoms with Gasteiger partial charge in [0.15, 0.2) is 5.79 Å². The third kappa shape index (κ3) is 6.54. The molecule has 0 spiro atoms. The van der Waals surface area contributed by atoms with E-state index in [1.54, 1.807) is 0 Å². The number of hydrogen-bond acceptors (Lipinski definition) is 6. The normalized spacial score (nSPS) is 31.1. The lowest BCUT2D eigenvalue weighted by Crippen LogP contribution is -2.45. The van der Waals surface area contributed by atoms with Gasteiger partial charge in [-0.15, -0.1) is 0 Å². The summed E-state index contributed by atoms with van der Waals surface area (Å²) in [5.41, 5.74) is 2.44. The molecule has 3 aliphatic carbocycles. The van der Waals surface area contributed by atoms with Crippen LogP contribution in [0.25, 0.3) is 0 Å². The summed E-state index contributed by atoms with van der Waals surface area (Å²) in [6.07, 6.45) is 14.5. The topological polar surface area (TPSA) is 71.1 Å². The standard InChI is InChI=1S/C35H52O6/c1-6-8-10-12-14-30(36)38-24-20-23-16-17-25-26(32(23)28(21-24)39-31(37)15-13-11-9-7-2)18-19-35(5)27(25)22-29-33(35)41-34(3,4)40-29/h20-21,25-27,29,33H,6-19,22H2,1-5H3/t25-,26-,27-,29-,33-,35-/m0/s1. The summed E-state index contributed by atoms with van der Waals surface area (Å²) in [5, 5.41) is 0. The molecule has 0 N–H and O–H groups in total. The molecule has 1 saturated heterocycles. The third-order valence-electron chi connectivity index (χ3n) is 10.4. The van der Waals surface area contributed by atoms with Gasteiger partial charge in [0.2, 0.25) is 0 Å². The highest BCUT2D eigenvalue weighted by molar-refractivity contribution is 5.75. The number of hydrogen-bond donors (Lipinski definition) is 0. The molecule has 1 aliphatic heterocycles. The van der Waals surface area contributed by atoms with Crippen molar-refractivity contribution >= 4 is 11.9 Å². The lowest BCUT2D eigenvalue weighted by Gasteiger charge is -2.50. The Bertz CT molecular complexity index is 1090. The number of benzene rings is 1. The summed E-state index contributed by atoms with van der Waals surface area (Å²) in [6.45, 7) is 10.8. The molecule has 1 aromatic rings. The van der Waals surface area contributed by atoms with Gasteiger partial charge in [-0.3, -0.25) is 9.59 Å². The van der Waals surface area contributed by atoms with Gasteiger partial charge in [0, 0.05) is 24.5 Å². The van der Waals surface area contributed by atoms with Crippen molar-refractivity contribution in [2.24, 2.45) is 17.3 Å². The molecule has 0 bridgehead atoms. The van der Waals surface area contributed by atoms with E-state index in [9.17, 15) is 9.59 Å². The van der Waals surface area contributed by atoms with Crippen molar-refractivity contribution in [1.29, 1.82) is 0 Å². The summed E-state index contributed by atoms with van der Waals surface area (Å²) in [5.74, 6) is 1.55. The SMILES string of the molecule is CCCCCCC(=O)Oc1cc2c(c(OC(=O)CCCCCC)c1)[C@H]1CC[C@@]3(C)[C@@H](C[C@@H]4OC(C)(C)O[C@@H]43)[C@H]1CC2. The molecule has 228 valence electrons. The molecule has 0 aromatic heterocycles. The highest BCUT2D eigenvalue weighted by Crippen LogP contribution is 2.65. The highest BCUT2D eigenvalue weighted by Gasteiger charge is 2.63. The molecule has 4 aliphatic rings. The Morgan fingerprint density at radius 2 is 1.56 bits per heavy atom.